The van der Waals surface area contributed by atoms with Gasteiger partial charge in [0.05, 0.1) is 4.92 Å². The lowest BCUT2D eigenvalue weighted by Crippen LogP contribution is -2.11. The van der Waals surface area contributed by atoms with Gasteiger partial charge in [0, 0.05) is 7.05 Å². The number of hydrazine groups is 1. The molecule has 11 nitrogen and oxygen atoms in total. The Morgan fingerprint density at radius 3 is 2.94 bits per heavy atom. The lowest BCUT2D eigenvalue weighted by Gasteiger charge is -2.02. The van der Waals surface area contributed by atoms with Crippen LogP contribution in [0.25, 0.3) is 0 Å². The molecule has 2 aromatic heterocycles. The minimum atomic E-state index is -0.591. The zero-order valence-corrected chi connectivity index (χ0v) is 9.83. The second-order valence-corrected chi connectivity index (χ2v) is 3.93. The van der Waals surface area contributed by atoms with Crippen LogP contribution in [0, 0.1) is 10.1 Å². The fraction of sp³-hybridized carbons (Fsp3) is 0.167. The van der Waals surface area contributed by atoms with Crippen LogP contribution >= 0.6 is 11.8 Å². The van der Waals surface area contributed by atoms with E-state index in [4.69, 9.17) is 5.84 Å². The largest absolute Gasteiger partial charge is 0.320 e. The molecule has 0 aromatic carbocycles. The number of tetrazole rings is 1. The summed E-state index contributed by atoms with van der Waals surface area (Å²) in [5, 5.41) is 22.0. The number of anilines is 1. The van der Waals surface area contributed by atoms with Crippen LogP contribution in [-0.4, -0.2) is 35.1 Å². The maximum atomic E-state index is 10.8. The Kier molecular flexibility index (Phi) is 3.29. The summed E-state index contributed by atoms with van der Waals surface area (Å²) in [5.74, 6) is 5.22. The van der Waals surface area contributed by atoms with Crippen molar-refractivity contribution in [3.63, 3.8) is 0 Å². The molecule has 0 saturated carbocycles. The first-order chi connectivity index (χ1) is 8.61. The van der Waals surface area contributed by atoms with Crippen molar-refractivity contribution in [1.29, 1.82) is 0 Å². The van der Waals surface area contributed by atoms with Gasteiger partial charge in [-0.1, -0.05) is 0 Å². The molecule has 0 spiro atoms. The molecule has 2 aromatic rings. The number of hydrogen-bond donors (Lipinski definition) is 2. The number of nitro groups is 1. The first-order valence-corrected chi connectivity index (χ1v) is 5.31. The fourth-order valence-corrected chi connectivity index (χ4v) is 1.81. The standard InChI is InChI=1S/C6H7N9O2S/c1-14-6(11-12-13-14)18-4-3(15(16)17)2-8-5(9-4)10-7/h2H,7H2,1H3,(H,8,9,10). The van der Waals surface area contributed by atoms with Gasteiger partial charge in [0.15, 0.2) is 5.03 Å². The van der Waals surface area contributed by atoms with Crippen molar-refractivity contribution in [1.82, 2.24) is 30.2 Å². The molecule has 0 saturated heterocycles. The van der Waals surface area contributed by atoms with E-state index in [2.05, 4.69) is 30.9 Å². The van der Waals surface area contributed by atoms with Crippen molar-refractivity contribution in [2.24, 2.45) is 12.9 Å². The topological polar surface area (TPSA) is 151 Å². The Balaban J connectivity index is 2.41. The normalized spacial score (nSPS) is 10.3. The van der Waals surface area contributed by atoms with Crippen LogP contribution in [0.3, 0.4) is 0 Å². The van der Waals surface area contributed by atoms with E-state index in [1.54, 1.807) is 7.05 Å². The molecule has 12 heteroatoms. The quantitative estimate of drug-likeness (QED) is 0.317. The van der Waals surface area contributed by atoms with Crippen LogP contribution in [0.15, 0.2) is 16.4 Å². The smallest absolute Gasteiger partial charge is 0.292 e. The van der Waals surface area contributed by atoms with E-state index in [-0.39, 0.29) is 16.7 Å². The number of aryl methyl sites for hydroxylation is 1. The van der Waals surface area contributed by atoms with Gasteiger partial charge in [0.25, 0.3) is 0 Å². The summed E-state index contributed by atoms with van der Waals surface area (Å²) in [6, 6.07) is 0. The van der Waals surface area contributed by atoms with E-state index in [9.17, 15) is 10.1 Å². The summed E-state index contributed by atoms with van der Waals surface area (Å²) in [6.07, 6.45) is 1.06. The van der Waals surface area contributed by atoms with E-state index in [0.717, 1.165) is 18.0 Å². The van der Waals surface area contributed by atoms with Crippen LogP contribution in [0.2, 0.25) is 0 Å². The number of nitrogens with one attached hydrogen (secondary N) is 1. The molecule has 0 atom stereocenters. The monoisotopic (exact) mass is 269 g/mol. The molecule has 0 aliphatic rings. The van der Waals surface area contributed by atoms with E-state index in [1.807, 2.05) is 0 Å². The number of nitrogens with zero attached hydrogens (tertiary/aromatic N) is 7. The highest BCUT2D eigenvalue weighted by atomic mass is 32.2. The molecule has 3 N–H and O–H groups in total. The molecule has 18 heavy (non-hydrogen) atoms. The summed E-state index contributed by atoms with van der Waals surface area (Å²) in [4.78, 5) is 17.8. The summed E-state index contributed by atoms with van der Waals surface area (Å²) >= 11 is 0.944. The van der Waals surface area contributed by atoms with E-state index in [0.29, 0.717) is 5.16 Å². The Hall–Kier alpha value is -2.34. The average Bonchev–Trinajstić information content (AvgIpc) is 2.74. The van der Waals surface area contributed by atoms with Gasteiger partial charge in [-0.05, 0) is 22.2 Å². The molecule has 2 heterocycles. The second kappa shape index (κ2) is 4.89. The number of rotatable bonds is 4. The zero-order chi connectivity index (χ0) is 13.1. The first-order valence-electron chi connectivity index (χ1n) is 4.50. The molecule has 0 amide bonds. The first kappa shape index (κ1) is 12.1. The highest BCUT2D eigenvalue weighted by Gasteiger charge is 2.20. The highest BCUT2D eigenvalue weighted by molar-refractivity contribution is 7.99. The van der Waals surface area contributed by atoms with Crippen LogP contribution in [0.4, 0.5) is 11.6 Å². The Morgan fingerprint density at radius 2 is 2.39 bits per heavy atom. The third-order valence-electron chi connectivity index (χ3n) is 1.83. The van der Waals surface area contributed by atoms with E-state index in [1.165, 1.54) is 4.68 Å². The number of nitrogens with two attached hydrogens (primary N) is 1. The van der Waals surface area contributed by atoms with Gasteiger partial charge in [-0.25, -0.2) is 15.5 Å². The SMILES string of the molecule is Cn1nnnc1Sc1nc(NN)ncc1[N+](=O)[O-]. The van der Waals surface area contributed by atoms with Crippen molar-refractivity contribution in [3.05, 3.63) is 16.3 Å². The van der Waals surface area contributed by atoms with Crippen molar-refractivity contribution in [2.45, 2.75) is 10.2 Å². The molecule has 2 rings (SSSR count). The minimum absolute atomic E-state index is 0.0678. The Labute approximate surface area is 104 Å². The van der Waals surface area contributed by atoms with Crippen molar-refractivity contribution in [2.75, 3.05) is 5.43 Å². The fourth-order valence-electron chi connectivity index (χ4n) is 1.02. The Morgan fingerprint density at radius 1 is 1.61 bits per heavy atom. The Bertz CT molecular complexity index is 584. The summed E-state index contributed by atoms with van der Waals surface area (Å²) in [5.41, 5.74) is 1.96. The third-order valence-corrected chi connectivity index (χ3v) is 2.85. The maximum absolute atomic E-state index is 10.8. The molecule has 0 radical (unpaired) electrons. The lowest BCUT2D eigenvalue weighted by molar-refractivity contribution is -0.388. The number of nitrogen functional groups attached to an aromatic ring is 1. The average molecular weight is 269 g/mol. The molecule has 94 valence electrons. The molecule has 0 fully saturated rings. The minimum Gasteiger partial charge on any atom is -0.292 e. The molecular weight excluding hydrogens is 262 g/mol. The van der Waals surface area contributed by atoms with Gasteiger partial charge in [0.1, 0.15) is 6.20 Å². The van der Waals surface area contributed by atoms with Crippen molar-refractivity contribution >= 4 is 23.4 Å². The number of hydrogen-bond acceptors (Lipinski definition) is 10. The van der Waals surface area contributed by atoms with Crippen LogP contribution < -0.4 is 11.3 Å². The molecule has 0 aliphatic carbocycles. The number of aromatic nitrogens is 6. The van der Waals surface area contributed by atoms with Gasteiger partial charge in [-0.15, -0.1) is 5.10 Å². The van der Waals surface area contributed by atoms with Gasteiger partial charge in [-0.3, -0.25) is 15.5 Å². The van der Waals surface area contributed by atoms with Crippen LogP contribution in [0.1, 0.15) is 0 Å². The van der Waals surface area contributed by atoms with E-state index >= 15 is 0 Å². The zero-order valence-electron chi connectivity index (χ0n) is 9.01. The van der Waals surface area contributed by atoms with Crippen molar-refractivity contribution in [3.8, 4) is 0 Å². The van der Waals surface area contributed by atoms with E-state index < -0.39 is 4.92 Å². The lowest BCUT2D eigenvalue weighted by atomic mass is 10.5. The third kappa shape index (κ3) is 2.33. The molecule has 0 aliphatic heterocycles. The van der Waals surface area contributed by atoms with Gasteiger partial charge in [0.2, 0.25) is 11.1 Å². The van der Waals surface area contributed by atoms with Crippen LogP contribution in [0.5, 0.6) is 0 Å². The molecule has 0 bridgehead atoms. The second-order valence-electron chi connectivity index (χ2n) is 2.97. The predicted molar refractivity (Wildman–Crippen MR) is 59.4 cm³/mol. The summed E-state index contributed by atoms with van der Waals surface area (Å²) in [6.45, 7) is 0. The van der Waals surface area contributed by atoms with Crippen LogP contribution in [-0.2, 0) is 7.05 Å². The summed E-state index contributed by atoms with van der Waals surface area (Å²) < 4.78 is 1.37. The highest BCUT2D eigenvalue weighted by Crippen LogP contribution is 2.31. The summed E-state index contributed by atoms with van der Waals surface area (Å²) in [7, 11) is 1.61. The molecular formula is C6H7N9O2S. The maximum Gasteiger partial charge on any atom is 0.320 e. The van der Waals surface area contributed by atoms with Crippen molar-refractivity contribution < 1.29 is 4.92 Å². The van der Waals surface area contributed by atoms with Gasteiger partial charge < -0.3 is 0 Å². The predicted octanol–water partition coefficient (Wildman–Crippen LogP) is -0.655. The molecule has 0 unspecified atom stereocenters. The van der Waals surface area contributed by atoms with Gasteiger partial charge in [-0.2, -0.15) is 4.98 Å². The van der Waals surface area contributed by atoms with Gasteiger partial charge >= 0.3 is 5.69 Å².